The van der Waals surface area contributed by atoms with Gasteiger partial charge in [-0.1, -0.05) is 17.7 Å². The van der Waals surface area contributed by atoms with E-state index in [2.05, 4.69) is 4.99 Å². The molecule has 4 aliphatic rings. The third-order valence-electron chi connectivity index (χ3n) is 6.16. The van der Waals surface area contributed by atoms with Gasteiger partial charge in [0, 0.05) is 6.07 Å². The van der Waals surface area contributed by atoms with Gasteiger partial charge in [-0.05, 0) is 69.3 Å². The van der Waals surface area contributed by atoms with Crippen molar-refractivity contribution in [3.63, 3.8) is 0 Å². The molecule has 0 amide bonds. The quantitative estimate of drug-likeness (QED) is 0.506. The van der Waals surface area contributed by atoms with E-state index in [1.165, 1.54) is 26.2 Å². The molecule has 0 unspecified atom stereocenters. The van der Waals surface area contributed by atoms with Gasteiger partial charge in [0.25, 0.3) is 0 Å². The molecule has 4 bridgehead atoms. The zero-order valence-corrected chi connectivity index (χ0v) is 14.2. The van der Waals surface area contributed by atoms with Gasteiger partial charge in [-0.25, -0.2) is 0 Å². The van der Waals surface area contributed by atoms with Gasteiger partial charge in [0.2, 0.25) is 5.69 Å². The normalized spacial score (nSPS) is 35.6. The molecule has 4 fully saturated rings. The molecule has 4 aliphatic carbocycles. The minimum absolute atomic E-state index is 0.0867. The van der Waals surface area contributed by atoms with Gasteiger partial charge in [-0.2, -0.15) is 4.99 Å². The Hall–Kier alpha value is -1.35. The number of nitrogens with one attached hydrogen (secondary N) is 1. The van der Waals surface area contributed by atoms with E-state index >= 15 is 0 Å². The third-order valence-corrected chi connectivity index (χ3v) is 6.47. The summed E-state index contributed by atoms with van der Waals surface area (Å²) in [4.78, 5) is 15.1. The minimum Gasteiger partial charge on any atom is -0.463 e. The Kier molecular flexibility index (Phi) is 3.53. The van der Waals surface area contributed by atoms with Crippen LogP contribution in [0.5, 0.6) is 0 Å². The van der Waals surface area contributed by atoms with Crippen LogP contribution in [0.1, 0.15) is 55.8 Å². The molecule has 1 aromatic carbocycles. The summed E-state index contributed by atoms with van der Waals surface area (Å²) in [6.07, 6.45) is 7.24. The van der Waals surface area contributed by atoms with E-state index in [1.54, 1.807) is 6.07 Å². The first-order valence-electron chi connectivity index (χ1n) is 8.60. The van der Waals surface area contributed by atoms with Crippen LogP contribution in [0.15, 0.2) is 18.2 Å². The molecule has 5 rings (SSSR count). The second-order valence-corrected chi connectivity index (χ2v) is 8.30. The first kappa shape index (κ1) is 15.2. The number of ketones is 1. The van der Waals surface area contributed by atoms with E-state index in [1.807, 2.05) is 12.1 Å². The molecule has 2 N–H and O–H groups in total. The van der Waals surface area contributed by atoms with Crippen molar-refractivity contribution in [1.29, 1.82) is 0 Å². The fourth-order valence-corrected chi connectivity index (χ4v) is 5.95. The minimum atomic E-state index is -0.106. The van der Waals surface area contributed by atoms with E-state index in [-0.39, 0.29) is 11.2 Å². The van der Waals surface area contributed by atoms with Gasteiger partial charge in [-0.3, -0.25) is 4.79 Å². The fourth-order valence-electron chi connectivity index (χ4n) is 5.65. The summed E-state index contributed by atoms with van der Waals surface area (Å²) in [6, 6.07) is 5.34. The number of benzene rings is 1. The van der Waals surface area contributed by atoms with E-state index in [4.69, 9.17) is 11.6 Å². The van der Waals surface area contributed by atoms with Gasteiger partial charge < -0.3 is 5.11 Å². The summed E-state index contributed by atoms with van der Waals surface area (Å²) in [6.45, 7) is 1.51. The maximum atomic E-state index is 11.9. The molecular formula is C19H23ClNO2+. The average Bonchev–Trinajstić information content (AvgIpc) is 2.45. The Balaban J connectivity index is 1.72. The van der Waals surface area contributed by atoms with E-state index in [9.17, 15) is 9.90 Å². The van der Waals surface area contributed by atoms with Crippen molar-refractivity contribution in [1.82, 2.24) is 0 Å². The number of hydrogen-bond donors (Lipinski definition) is 2. The molecule has 0 spiro atoms. The summed E-state index contributed by atoms with van der Waals surface area (Å²) < 4.78 is 0. The number of aliphatic hydroxyl groups excluding tert-OH is 1. The lowest BCUT2D eigenvalue weighted by Gasteiger charge is -2.54. The maximum absolute atomic E-state index is 11.9. The topological polar surface area (TPSA) is 51.3 Å². The van der Waals surface area contributed by atoms with Crippen LogP contribution in [-0.4, -0.2) is 16.8 Å². The predicted molar refractivity (Wildman–Crippen MR) is 90.3 cm³/mol. The van der Waals surface area contributed by atoms with Crippen molar-refractivity contribution >= 4 is 29.0 Å². The van der Waals surface area contributed by atoms with Crippen molar-refractivity contribution < 1.29 is 14.9 Å². The standard InChI is InChI=1S/C19H22ClNO2/c1-11(22)17-15(20)3-2-4-16(17)21-18(23)19-8-12-5-13(9-19)7-14(6-12)10-19/h2-4,12-14H,5-10H2,1H3,(H,21,23)/p+1. The predicted octanol–water partition coefficient (Wildman–Crippen LogP) is 3.43. The molecule has 0 aromatic heterocycles. The summed E-state index contributed by atoms with van der Waals surface area (Å²) in [7, 11) is 0. The molecule has 3 nitrogen and oxygen atoms in total. The van der Waals surface area contributed by atoms with Gasteiger partial charge >= 0.3 is 5.90 Å². The van der Waals surface area contributed by atoms with Gasteiger partial charge in [-0.15, -0.1) is 0 Å². The van der Waals surface area contributed by atoms with Crippen LogP contribution in [-0.2, 0) is 0 Å². The lowest BCUT2D eigenvalue weighted by molar-refractivity contribution is -0.376. The van der Waals surface area contributed by atoms with Crippen LogP contribution in [0, 0.1) is 23.2 Å². The molecule has 0 aliphatic heterocycles. The van der Waals surface area contributed by atoms with E-state index in [0.717, 1.165) is 37.0 Å². The zero-order valence-electron chi connectivity index (χ0n) is 13.4. The van der Waals surface area contributed by atoms with Gasteiger partial charge in [0.1, 0.15) is 5.56 Å². The average molecular weight is 333 g/mol. The second-order valence-electron chi connectivity index (χ2n) is 7.89. The van der Waals surface area contributed by atoms with Gasteiger partial charge in [0.15, 0.2) is 5.78 Å². The van der Waals surface area contributed by atoms with Crippen LogP contribution in [0.25, 0.3) is 0 Å². The van der Waals surface area contributed by atoms with Crippen molar-refractivity contribution in [3.05, 3.63) is 28.8 Å². The molecule has 0 atom stereocenters. The monoisotopic (exact) mass is 332 g/mol. The number of carbonyl (C=O) groups excluding carboxylic acids is 1. The molecule has 4 saturated carbocycles. The third kappa shape index (κ3) is 2.50. The number of aliphatic hydroxyl groups is 1. The maximum Gasteiger partial charge on any atom is 0.344 e. The largest absolute Gasteiger partial charge is 0.463 e. The zero-order chi connectivity index (χ0) is 16.2. The molecule has 0 radical (unpaired) electrons. The van der Waals surface area contributed by atoms with Crippen LogP contribution in [0.2, 0.25) is 5.02 Å². The number of halogens is 1. The lowest BCUT2D eigenvalue weighted by Crippen LogP contribution is -2.73. The fraction of sp³-hybridized carbons (Fsp3) is 0.579. The number of Topliss-reactive ketones (excluding diaryl/α,β-unsaturated/α-hetero) is 1. The Morgan fingerprint density at radius 3 is 2.26 bits per heavy atom. The number of hydrogen-bond acceptors (Lipinski definition) is 1. The molecule has 1 aromatic rings. The Labute approximate surface area is 141 Å². The Morgan fingerprint density at radius 2 is 1.74 bits per heavy atom. The second kappa shape index (κ2) is 5.34. The first-order chi connectivity index (χ1) is 11.0. The molecule has 0 heterocycles. The highest BCUT2D eigenvalue weighted by Gasteiger charge is 2.56. The highest BCUT2D eigenvalue weighted by atomic mass is 35.5. The van der Waals surface area contributed by atoms with Crippen molar-refractivity contribution in [2.24, 2.45) is 23.2 Å². The summed E-state index contributed by atoms with van der Waals surface area (Å²) >= 11 is 6.18. The highest BCUT2D eigenvalue weighted by Crippen LogP contribution is 2.59. The number of rotatable bonds is 3. The summed E-state index contributed by atoms with van der Waals surface area (Å²) in [5.74, 6) is 2.54. The summed E-state index contributed by atoms with van der Waals surface area (Å²) in [5.41, 5.74) is 0.981. The number of carbonyl (C=O) groups is 1. The van der Waals surface area contributed by atoms with Crippen molar-refractivity contribution in [3.8, 4) is 0 Å². The lowest BCUT2D eigenvalue weighted by atomic mass is 9.49. The van der Waals surface area contributed by atoms with Crippen molar-refractivity contribution in [2.45, 2.75) is 45.4 Å². The smallest absolute Gasteiger partial charge is 0.344 e. The van der Waals surface area contributed by atoms with Crippen LogP contribution in [0.3, 0.4) is 0 Å². The van der Waals surface area contributed by atoms with Crippen LogP contribution in [0.4, 0.5) is 5.69 Å². The van der Waals surface area contributed by atoms with E-state index < -0.39 is 0 Å². The Bertz CT molecular complexity index is 659. The SMILES string of the molecule is CC(=O)c1c(Cl)cccc1[NH+]=C(O)C12CC3CC(CC(C3)C1)C2. The summed E-state index contributed by atoms with van der Waals surface area (Å²) in [5, 5.41) is 11.3. The van der Waals surface area contributed by atoms with E-state index in [0.29, 0.717) is 22.2 Å². The van der Waals surface area contributed by atoms with Gasteiger partial charge in [0.05, 0.1) is 10.4 Å². The highest BCUT2D eigenvalue weighted by molar-refractivity contribution is 6.34. The first-order valence-corrected chi connectivity index (χ1v) is 8.97. The van der Waals surface area contributed by atoms with Crippen LogP contribution < -0.4 is 4.99 Å². The Morgan fingerprint density at radius 1 is 1.17 bits per heavy atom. The van der Waals surface area contributed by atoms with Crippen molar-refractivity contribution in [2.75, 3.05) is 0 Å². The molecule has 23 heavy (non-hydrogen) atoms. The molecular weight excluding hydrogens is 310 g/mol. The molecule has 0 saturated heterocycles. The molecule has 122 valence electrons. The van der Waals surface area contributed by atoms with Crippen LogP contribution >= 0.6 is 11.6 Å². The molecule has 4 heteroatoms.